The molecular formula is C20H16N2O6S3. The molecule has 0 amide bonds. The molecule has 0 spiro atoms. The molecule has 0 saturated carbocycles. The molecule has 0 atom stereocenters. The molecule has 160 valence electrons. The van der Waals surface area contributed by atoms with Gasteiger partial charge >= 0.3 is 0 Å². The molecule has 0 aliphatic rings. The third-order valence-electron chi connectivity index (χ3n) is 4.66. The molecule has 0 aliphatic carbocycles. The number of benzene rings is 3. The van der Waals surface area contributed by atoms with E-state index in [1.807, 2.05) is 0 Å². The predicted octanol–water partition coefficient (Wildman–Crippen LogP) is 3.37. The lowest BCUT2D eigenvalue weighted by Crippen LogP contribution is -2.07. The summed E-state index contributed by atoms with van der Waals surface area (Å²) in [6.45, 7) is 0. The Hall–Kier alpha value is -3.02. The molecular weight excluding hydrogens is 460 g/mol. The number of methoxy groups -OCH3 is 2. The van der Waals surface area contributed by atoms with Gasteiger partial charge in [-0.05, 0) is 60.7 Å². The summed E-state index contributed by atoms with van der Waals surface area (Å²) >= 11 is 0.747. The average Bonchev–Trinajstić information content (AvgIpc) is 3.28. The number of rotatable bonds is 6. The van der Waals surface area contributed by atoms with Gasteiger partial charge < -0.3 is 9.47 Å². The number of hydrogen-bond acceptors (Lipinski definition) is 9. The van der Waals surface area contributed by atoms with E-state index in [1.165, 1.54) is 74.9 Å². The van der Waals surface area contributed by atoms with Crippen LogP contribution in [0.25, 0.3) is 11.0 Å². The van der Waals surface area contributed by atoms with Crippen molar-refractivity contribution in [1.29, 1.82) is 0 Å². The Morgan fingerprint density at radius 1 is 0.613 bits per heavy atom. The second-order valence-corrected chi connectivity index (χ2v) is 10.7. The maximum atomic E-state index is 13.2. The summed E-state index contributed by atoms with van der Waals surface area (Å²) in [6, 6.07) is 14.3. The van der Waals surface area contributed by atoms with Crippen LogP contribution in [-0.4, -0.2) is 39.8 Å². The zero-order valence-electron chi connectivity index (χ0n) is 16.3. The molecule has 0 aliphatic heterocycles. The zero-order valence-corrected chi connectivity index (χ0v) is 18.8. The number of nitrogens with zero attached hydrogens (tertiary/aromatic N) is 2. The molecule has 4 aromatic rings. The summed E-state index contributed by atoms with van der Waals surface area (Å²) in [5.74, 6) is 1.03. The second kappa shape index (κ2) is 7.91. The van der Waals surface area contributed by atoms with Crippen molar-refractivity contribution in [1.82, 2.24) is 8.75 Å². The Morgan fingerprint density at radius 2 is 0.968 bits per heavy atom. The van der Waals surface area contributed by atoms with Gasteiger partial charge in [0.1, 0.15) is 32.3 Å². The summed E-state index contributed by atoms with van der Waals surface area (Å²) in [4.78, 5) is -0.160. The standard InChI is InChI=1S/C20H16N2O6S3/c1-27-13-3-7-15(8-4-13)30(23,24)17-11-12-18(20-19(17)21-29-22-20)31(25,26)16-9-5-14(28-2)6-10-16/h3-12H,1-2H3. The van der Waals surface area contributed by atoms with Gasteiger partial charge in [0.25, 0.3) is 0 Å². The first-order valence-corrected chi connectivity index (χ1v) is 12.5. The molecule has 11 heteroatoms. The topological polar surface area (TPSA) is 113 Å². The Kier molecular flexibility index (Phi) is 5.42. The van der Waals surface area contributed by atoms with E-state index in [4.69, 9.17) is 9.47 Å². The normalized spacial score (nSPS) is 12.1. The highest BCUT2D eigenvalue weighted by atomic mass is 32.2. The van der Waals surface area contributed by atoms with Crippen molar-refractivity contribution >= 4 is 42.4 Å². The van der Waals surface area contributed by atoms with Crippen molar-refractivity contribution in [3.8, 4) is 11.5 Å². The first kappa shape index (κ1) is 21.2. The number of hydrogen-bond donors (Lipinski definition) is 0. The second-order valence-electron chi connectivity index (χ2n) is 6.38. The lowest BCUT2D eigenvalue weighted by atomic mass is 10.3. The predicted molar refractivity (Wildman–Crippen MR) is 114 cm³/mol. The van der Waals surface area contributed by atoms with Gasteiger partial charge in [-0.3, -0.25) is 0 Å². The molecule has 0 fully saturated rings. The van der Waals surface area contributed by atoms with Crippen LogP contribution in [0.5, 0.6) is 11.5 Å². The lowest BCUT2D eigenvalue weighted by molar-refractivity contribution is 0.414. The van der Waals surface area contributed by atoms with E-state index in [0.717, 1.165) is 11.7 Å². The van der Waals surface area contributed by atoms with Gasteiger partial charge in [-0.25, -0.2) is 16.8 Å². The van der Waals surface area contributed by atoms with Crippen molar-refractivity contribution < 1.29 is 26.3 Å². The third-order valence-corrected chi connectivity index (χ3v) is 8.79. The molecule has 0 saturated heterocycles. The molecule has 8 nitrogen and oxygen atoms in total. The molecule has 31 heavy (non-hydrogen) atoms. The highest BCUT2D eigenvalue weighted by molar-refractivity contribution is 7.92. The zero-order chi connectivity index (χ0) is 22.2. The van der Waals surface area contributed by atoms with Gasteiger partial charge in [-0.15, -0.1) is 0 Å². The molecule has 0 N–H and O–H groups in total. The highest BCUT2D eigenvalue weighted by Gasteiger charge is 2.28. The van der Waals surface area contributed by atoms with Crippen molar-refractivity contribution in [3.63, 3.8) is 0 Å². The maximum Gasteiger partial charge on any atom is 0.208 e. The van der Waals surface area contributed by atoms with Crippen LogP contribution in [0.15, 0.2) is 80.2 Å². The van der Waals surface area contributed by atoms with Crippen LogP contribution in [0.4, 0.5) is 0 Å². The Bertz CT molecular complexity index is 1350. The SMILES string of the molecule is COc1ccc(S(=O)(=O)c2ccc(S(=O)(=O)c3ccc(OC)cc3)c3nsnc23)cc1. The quantitative estimate of drug-likeness (QED) is 0.416. The van der Waals surface area contributed by atoms with Crippen LogP contribution in [0.1, 0.15) is 0 Å². The summed E-state index contributed by atoms with van der Waals surface area (Å²) in [6.07, 6.45) is 0. The largest absolute Gasteiger partial charge is 0.497 e. The van der Waals surface area contributed by atoms with Gasteiger partial charge in [0.15, 0.2) is 0 Å². The van der Waals surface area contributed by atoms with Gasteiger partial charge in [0.05, 0.1) is 35.7 Å². The van der Waals surface area contributed by atoms with Crippen LogP contribution < -0.4 is 9.47 Å². The number of ether oxygens (including phenoxy) is 2. The fraction of sp³-hybridized carbons (Fsp3) is 0.100. The summed E-state index contributed by atoms with van der Waals surface area (Å²) < 4.78 is 71.0. The first-order valence-electron chi connectivity index (χ1n) is 8.82. The first-order chi connectivity index (χ1) is 14.8. The van der Waals surface area contributed by atoms with Crippen molar-refractivity contribution in [2.45, 2.75) is 19.6 Å². The van der Waals surface area contributed by atoms with Crippen molar-refractivity contribution in [3.05, 3.63) is 60.7 Å². The van der Waals surface area contributed by atoms with Crippen molar-refractivity contribution in [2.75, 3.05) is 14.2 Å². The van der Waals surface area contributed by atoms with Crippen LogP contribution in [0, 0.1) is 0 Å². The van der Waals surface area contributed by atoms with E-state index in [0.29, 0.717) is 11.5 Å². The van der Waals surface area contributed by atoms with Crippen molar-refractivity contribution in [2.24, 2.45) is 0 Å². The highest BCUT2D eigenvalue weighted by Crippen LogP contribution is 2.34. The third kappa shape index (κ3) is 3.64. The lowest BCUT2D eigenvalue weighted by Gasteiger charge is -2.10. The number of aromatic nitrogens is 2. The van der Waals surface area contributed by atoms with Crippen LogP contribution >= 0.6 is 11.7 Å². The van der Waals surface area contributed by atoms with Crippen LogP contribution in [0.3, 0.4) is 0 Å². The number of fused-ring (bicyclic) bond motifs is 1. The van der Waals surface area contributed by atoms with Gasteiger partial charge in [-0.2, -0.15) is 8.75 Å². The summed E-state index contributed by atoms with van der Waals surface area (Å²) in [5.41, 5.74) is 0.0193. The van der Waals surface area contributed by atoms with Crippen LogP contribution in [0.2, 0.25) is 0 Å². The molecule has 1 aromatic heterocycles. The van der Waals surface area contributed by atoms with Gasteiger partial charge in [0.2, 0.25) is 19.7 Å². The molecule has 0 radical (unpaired) electrons. The Morgan fingerprint density at radius 3 is 1.29 bits per heavy atom. The molecule has 1 heterocycles. The summed E-state index contributed by atoms with van der Waals surface area (Å²) in [7, 11) is -4.95. The van der Waals surface area contributed by atoms with E-state index in [2.05, 4.69) is 8.75 Å². The molecule has 0 bridgehead atoms. The maximum absolute atomic E-state index is 13.2. The molecule has 0 unspecified atom stereocenters. The minimum atomic E-state index is -3.96. The smallest absolute Gasteiger partial charge is 0.208 e. The summed E-state index contributed by atoms with van der Waals surface area (Å²) in [5, 5.41) is 0. The van der Waals surface area contributed by atoms with Gasteiger partial charge in [-0.1, -0.05) is 0 Å². The van der Waals surface area contributed by atoms with E-state index < -0.39 is 19.7 Å². The van der Waals surface area contributed by atoms with E-state index in [-0.39, 0.29) is 30.6 Å². The van der Waals surface area contributed by atoms with E-state index in [9.17, 15) is 16.8 Å². The Balaban J connectivity index is 1.85. The average molecular weight is 477 g/mol. The monoisotopic (exact) mass is 476 g/mol. The molecule has 4 rings (SSSR count). The fourth-order valence-electron chi connectivity index (χ4n) is 3.02. The Labute approximate surface area is 183 Å². The fourth-order valence-corrected chi connectivity index (χ4v) is 6.49. The number of sulfone groups is 2. The minimum absolute atomic E-state index is 0.00963. The minimum Gasteiger partial charge on any atom is -0.497 e. The van der Waals surface area contributed by atoms with E-state index in [1.54, 1.807) is 0 Å². The van der Waals surface area contributed by atoms with E-state index >= 15 is 0 Å². The van der Waals surface area contributed by atoms with Crippen LogP contribution in [-0.2, 0) is 19.7 Å². The molecule has 3 aromatic carbocycles. The van der Waals surface area contributed by atoms with Gasteiger partial charge in [0, 0.05) is 0 Å².